The Kier molecular flexibility index (Phi) is 5.37. The molecule has 0 radical (unpaired) electrons. The highest BCUT2D eigenvalue weighted by Crippen LogP contribution is 2.52. The van der Waals surface area contributed by atoms with Crippen molar-refractivity contribution in [3.05, 3.63) is 63.6 Å². The molecule has 2 aliphatic rings. The van der Waals surface area contributed by atoms with E-state index in [1.807, 2.05) is 31.2 Å². The van der Waals surface area contributed by atoms with Gasteiger partial charge in [-0.1, -0.05) is 40.2 Å². The molecule has 4 nitrogen and oxygen atoms in total. The Balaban J connectivity index is 1.62. The standard InChI is InChI=1S/C23H26BrNO3/c1-2-27-22(26)13-16-5-3-4-6-20(16)28-21-15-23(9-11-25-12-10-23)19-8-7-17(24)14-18(19)21/h3-8,14,21,25H,2,9-13,15H2,1H3/t21-/m1/s1/i/hD. The lowest BCUT2D eigenvalue weighted by molar-refractivity contribution is -0.142. The zero-order valence-corrected chi connectivity index (χ0v) is 17.7. The van der Waals surface area contributed by atoms with Crippen molar-refractivity contribution < 1.29 is 15.7 Å². The molecule has 1 aliphatic carbocycles. The minimum absolute atomic E-state index is 0.0638. The van der Waals surface area contributed by atoms with Crippen LogP contribution in [0.15, 0.2) is 46.9 Å². The number of para-hydroxylation sites is 1. The van der Waals surface area contributed by atoms with E-state index in [1.54, 1.807) is 5.31 Å². The quantitative estimate of drug-likeness (QED) is 0.678. The highest BCUT2D eigenvalue weighted by molar-refractivity contribution is 9.10. The van der Waals surface area contributed by atoms with Gasteiger partial charge in [-0.25, -0.2) is 0 Å². The second kappa shape index (κ2) is 8.26. The predicted octanol–water partition coefficient (Wildman–Crippen LogP) is 4.70. The van der Waals surface area contributed by atoms with Crippen LogP contribution in [-0.2, 0) is 21.4 Å². The summed E-state index contributed by atoms with van der Waals surface area (Å²) in [6.07, 6.45) is 2.98. The van der Waals surface area contributed by atoms with E-state index in [4.69, 9.17) is 10.9 Å². The Morgan fingerprint density at radius 1 is 1.29 bits per heavy atom. The Morgan fingerprint density at radius 3 is 2.86 bits per heavy atom. The van der Waals surface area contributed by atoms with E-state index in [1.165, 1.54) is 11.1 Å². The van der Waals surface area contributed by atoms with E-state index in [2.05, 4.69) is 34.1 Å². The van der Waals surface area contributed by atoms with Crippen molar-refractivity contribution in [2.45, 2.75) is 44.1 Å². The molecule has 0 amide bonds. The SMILES string of the molecule is [2H]N1CCC2(CC1)C[C@@H](Oc1ccccc1CC(=O)OCC)c1cc(Br)ccc12. The lowest BCUT2D eigenvalue weighted by Gasteiger charge is -2.35. The number of hydrogen-bond donors (Lipinski definition) is 1. The van der Waals surface area contributed by atoms with Crippen LogP contribution in [-0.4, -0.2) is 25.7 Å². The van der Waals surface area contributed by atoms with Gasteiger partial charge in [0.1, 0.15) is 13.3 Å². The number of benzene rings is 2. The Labute approximate surface area is 176 Å². The van der Waals surface area contributed by atoms with Gasteiger partial charge in [0, 0.05) is 15.5 Å². The maximum atomic E-state index is 12.0. The number of carbonyl (C=O) groups excluding carboxylic acids is 1. The van der Waals surface area contributed by atoms with Gasteiger partial charge in [0.05, 0.1) is 13.0 Å². The minimum Gasteiger partial charge on any atom is -0.485 e. The van der Waals surface area contributed by atoms with Gasteiger partial charge < -0.3 is 14.8 Å². The first-order valence-electron chi connectivity index (χ1n) is 10.4. The molecule has 1 atom stereocenters. The number of halogens is 1. The normalized spacial score (nSPS) is 21.2. The van der Waals surface area contributed by atoms with Crippen molar-refractivity contribution in [2.24, 2.45) is 0 Å². The van der Waals surface area contributed by atoms with Crippen molar-refractivity contribution in [3.63, 3.8) is 0 Å². The first-order valence-corrected chi connectivity index (χ1v) is 10.7. The van der Waals surface area contributed by atoms with Gasteiger partial charge >= 0.3 is 5.97 Å². The van der Waals surface area contributed by atoms with Gasteiger partial charge in [0.25, 0.3) is 0 Å². The van der Waals surface area contributed by atoms with Gasteiger partial charge in [-0.05, 0) is 68.6 Å². The van der Waals surface area contributed by atoms with Gasteiger partial charge in [-0.3, -0.25) is 4.79 Å². The predicted molar refractivity (Wildman–Crippen MR) is 113 cm³/mol. The number of nitrogens with one attached hydrogen (secondary N) is 1. The van der Waals surface area contributed by atoms with Crippen molar-refractivity contribution >= 4 is 21.9 Å². The summed E-state index contributed by atoms with van der Waals surface area (Å²) < 4.78 is 20.6. The van der Waals surface area contributed by atoms with E-state index in [0.29, 0.717) is 6.61 Å². The molecule has 1 heterocycles. The Hall–Kier alpha value is -1.85. The van der Waals surface area contributed by atoms with Crippen LogP contribution < -0.4 is 10.0 Å². The van der Waals surface area contributed by atoms with Crippen molar-refractivity contribution in [2.75, 3.05) is 19.7 Å². The zero-order chi connectivity index (χ0) is 20.4. The molecular formula is C23H26BrNO3. The number of fused-ring (bicyclic) bond motifs is 2. The van der Waals surface area contributed by atoms with Crippen LogP contribution in [0, 0.1) is 0 Å². The monoisotopic (exact) mass is 444 g/mol. The van der Waals surface area contributed by atoms with Crippen molar-refractivity contribution in [1.82, 2.24) is 5.31 Å². The summed E-state index contributed by atoms with van der Waals surface area (Å²) in [4.78, 5) is 12.0. The molecule has 4 rings (SSSR count). The maximum absolute atomic E-state index is 12.0. The number of rotatable bonds is 5. The summed E-state index contributed by atoms with van der Waals surface area (Å²) in [5, 5.41) is 1.66. The lowest BCUT2D eigenvalue weighted by atomic mass is 9.74. The van der Waals surface area contributed by atoms with Gasteiger partial charge in [-0.15, -0.1) is 0 Å². The summed E-state index contributed by atoms with van der Waals surface area (Å²) in [6.45, 7) is 3.75. The summed E-state index contributed by atoms with van der Waals surface area (Å²) in [6, 6.07) is 14.2. The van der Waals surface area contributed by atoms with Crippen LogP contribution >= 0.6 is 15.9 Å². The topological polar surface area (TPSA) is 47.6 Å². The van der Waals surface area contributed by atoms with Gasteiger partial charge in [0.2, 0.25) is 0 Å². The molecule has 1 spiro atoms. The number of carbonyl (C=O) groups is 1. The van der Waals surface area contributed by atoms with Crippen LogP contribution in [0.25, 0.3) is 0 Å². The first-order chi connectivity index (χ1) is 14.0. The van der Waals surface area contributed by atoms with Crippen LogP contribution in [0.1, 0.15) is 49.0 Å². The maximum Gasteiger partial charge on any atom is 0.310 e. The molecule has 1 aliphatic heterocycles. The van der Waals surface area contributed by atoms with E-state index in [-0.39, 0.29) is 23.9 Å². The molecule has 1 saturated heterocycles. The average molecular weight is 445 g/mol. The molecule has 0 aromatic heterocycles. The van der Waals surface area contributed by atoms with Gasteiger partial charge in [0.15, 0.2) is 0 Å². The second-order valence-electron chi connectivity index (χ2n) is 7.58. The summed E-state index contributed by atoms with van der Waals surface area (Å²) in [5.41, 5.74) is 3.48. The molecule has 1 N–H and O–H groups in total. The fourth-order valence-electron chi connectivity index (χ4n) is 4.54. The number of hydrogen-bond acceptors (Lipinski definition) is 4. The van der Waals surface area contributed by atoms with E-state index >= 15 is 0 Å². The summed E-state index contributed by atoms with van der Waals surface area (Å²) >= 11 is 3.61. The van der Waals surface area contributed by atoms with Crippen molar-refractivity contribution in [1.29, 1.82) is 0 Å². The third-order valence-corrected chi connectivity index (χ3v) is 6.38. The van der Waals surface area contributed by atoms with E-state index < -0.39 is 0 Å². The number of esters is 1. The molecule has 1 fully saturated rings. The molecule has 0 unspecified atom stereocenters. The highest BCUT2D eigenvalue weighted by Gasteiger charge is 2.45. The molecule has 148 valence electrons. The zero-order valence-electron chi connectivity index (χ0n) is 17.1. The van der Waals surface area contributed by atoms with Crippen LogP contribution in [0.2, 0.25) is 1.41 Å². The Morgan fingerprint density at radius 2 is 2.07 bits per heavy atom. The number of ether oxygens (including phenoxy) is 2. The van der Waals surface area contributed by atoms with Crippen molar-refractivity contribution in [3.8, 4) is 5.75 Å². The van der Waals surface area contributed by atoms with Crippen LogP contribution in [0.4, 0.5) is 0 Å². The molecular weight excluding hydrogens is 418 g/mol. The smallest absolute Gasteiger partial charge is 0.310 e. The fraction of sp³-hybridized carbons (Fsp3) is 0.435. The molecule has 0 saturated carbocycles. The molecule has 5 heteroatoms. The van der Waals surface area contributed by atoms with Crippen LogP contribution in [0.5, 0.6) is 5.75 Å². The third-order valence-electron chi connectivity index (χ3n) is 5.89. The molecule has 2 aromatic carbocycles. The summed E-state index contributed by atoms with van der Waals surface area (Å²) in [5.74, 6) is 0.504. The first kappa shape index (κ1) is 18.2. The van der Waals surface area contributed by atoms with E-state index in [9.17, 15) is 4.79 Å². The second-order valence-corrected chi connectivity index (χ2v) is 8.50. The van der Waals surface area contributed by atoms with Crippen LogP contribution in [0.3, 0.4) is 0 Å². The molecule has 0 bridgehead atoms. The largest absolute Gasteiger partial charge is 0.485 e. The lowest BCUT2D eigenvalue weighted by Crippen LogP contribution is -2.38. The molecule has 28 heavy (non-hydrogen) atoms. The highest BCUT2D eigenvalue weighted by atomic mass is 79.9. The van der Waals surface area contributed by atoms with E-state index in [0.717, 1.165) is 48.1 Å². The fourth-order valence-corrected chi connectivity index (χ4v) is 4.92. The van der Waals surface area contributed by atoms with Gasteiger partial charge in [-0.2, -0.15) is 0 Å². The Bertz CT molecular complexity index is 895. The summed E-state index contributed by atoms with van der Waals surface area (Å²) in [7, 11) is 0. The average Bonchev–Trinajstić information content (AvgIpc) is 2.98. The number of piperidine rings is 1. The third kappa shape index (κ3) is 3.83. The molecule has 2 aromatic rings. The minimum atomic E-state index is -0.239.